The number of para-hydroxylation sites is 1. The number of benzene rings is 2. The number of nitrogens with one attached hydrogen (secondary N) is 1. The maximum Gasteiger partial charge on any atom is 0.261 e. The van der Waals surface area contributed by atoms with E-state index in [-0.39, 0.29) is 24.4 Å². The molecule has 2 amide bonds. The lowest BCUT2D eigenvalue weighted by Gasteiger charge is -2.27. The molecule has 2 N–H and O–H groups in total. The van der Waals surface area contributed by atoms with E-state index in [1.54, 1.807) is 42.5 Å². The van der Waals surface area contributed by atoms with Gasteiger partial charge < -0.3 is 15.3 Å². The first-order valence-electron chi connectivity index (χ1n) is 12.0. The number of aliphatic hydroxyl groups excluding tert-OH is 1. The molecular formula is C27H27N5O4S. The van der Waals surface area contributed by atoms with Crippen molar-refractivity contribution < 1.29 is 14.7 Å². The van der Waals surface area contributed by atoms with E-state index in [9.17, 15) is 19.5 Å². The second-order valence-electron chi connectivity index (χ2n) is 9.23. The van der Waals surface area contributed by atoms with Crippen molar-refractivity contribution >= 4 is 34.1 Å². The van der Waals surface area contributed by atoms with Gasteiger partial charge in [0.2, 0.25) is 11.8 Å². The Morgan fingerprint density at radius 3 is 2.65 bits per heavy atom. The van der Waals surface area contributed by atoms with Crippen LogP contribution in [0.2, 0.25) is 0 Å². The molecule has 2 aromatic carbocycles. The van der Waals surface area contributed by atoms with Crippen LogP contribution in [-0.2, 0) is 16.1 Å². The molecule has 0 saturated carbocycles. The number of aliphatic hydroxyl groups is 1. The predicted octanol–water partition coefficient (Wildman–Crippen LogP) is 2.67. The van der Waals surface area contributed by atoms with Crippen LogP contribution in [0.5, 0.6) is 0 Å². The second kappa shape index (κ2) is 10.2. The van der Waals surface area contributed by atoms with E-state index < -0.39 is 24.1 Å². The molecule has 1 aliphatic heterocycles. The molecule has 0 aliphatic carbocycles. The second-order valence-corrected chi connectivity index (χ2v) is 10.1. The van der Waals surface area contributed by atoms with E-state index in [0.717, 1.165) is 21.7 Å². The number of carbonyl (C=O) groups excluding carboxylic acids is 2. The molecule has 4 aromatic rings. The van der Waals surface area contributed by atoms with Crippen LogP contribution < -0.4 is 10.9 Å². The molecule has 9 nitrogen and oxygen atoms in total. The normalized spacial score (nSPS) is 18.2. The highest BCUT2D eigenvalue weighted by Gasteiger charge is 2.40. The van der Waals surface area contributed by atoms with E-state index in [1.165, 1.54) is 15.8 Å². The molecule has 3 atom stereocenters. The molecule has 3 heterocycles. The number of amides is 2. The number of aromatic nitrogens is 3. The van der Waals surface area contributed by atoms with Gasteiger partial charge in [0.1, 0.15) is 12.1 Å². The highest BCUT2D eigenvalue weighted by atomic mass is 32.1. The third kappa shape index (κ3) is 4.90. The topological polar surface area (TPSA) is 117 Å². The molecule has 10 heteroatoms. The Bertz CT molecular complexity index is 1510. The van der Waals surface area contributed by atoms with Gasteiger partial charge in [-0.1, -0.05) is 36.4 Å². The molecule has 1 fully saturated rings. The van der Waals surface area contributed by atoms with Crippen molar-refractivity contribution in [2.24, 2.45) is 0 Å². The standard InChI is InChI=1S/C27H27N5O4S/c1-16-24(37-15-30-16)19-9-7-18(8-10-19)12-28-25(34)23-11-20(33)13-31(23)26(35)17(2)32-14-29-22-6-4-3-5-21(22)27(32)36/h3-10,14-15,17,20,23,33H,11-13H2,1-2H3,(H,28,34)/t17?,20-,23+/m1/s1. The van der Waals surface area contributed by atoms with Crippen LogP contribution in [0.1, 0.15) is 30.6 Å². The molecule has 190 valence electrons. The van der Waals surface area contributed by atoms with Crippen LogP contribution in [0, 0.1) is 6.92 Å². The van der Waals surface area contributed by atoms with Crippen molar-refractivity contribution in [3.63, 3.8) is 0 Å². The maximum absolute atomic E-state index is 13.4. The number of fused-ring (bicyclic) bond motifs is 1. The number of aryl methyl sites for hydroxylation is 1. The maximum atomic E-state index is 13.4. The van der Waals surface area contributed by atoms with Gasteiger partial charge in [0.05, 0.1) is 39.4 Å². The summed E-state index contributed by atoms with van der Waals surface area (Å²) in [6.45, 7) is 3.89. The molecule has 0 spiro atoms. The van der Waals surface area contributed by atoms with Crippen molar-refractivity contribution in [2.45, 2.75) is 45.0 Å². The van der Waals surface area contributed by atoms with Crippen LogP contribution in [0.4, 0.5) is 0 Å². The first kappa shape index (κ1) is 24.8. The zero-order valence-electron chi connectivity index (χ0n) is 20.5. The van der Waals surface area contributed by atoms with Gasteiger partial charge in [0.15, 0.2) is 0 Å². The predicted molar refractivity (Wildman–Crippen MR) is 141 cm³/mol. The summed E-state index contributed by atoms with van der Waals surface area (Å²) in [5.74, 6) is -0.761. The highest BCUT2D eigenvalue weighted by molar-refractivity contribution is 7.13. The summed E-state index contributed by atoms with van der Waals surface area (Å²) in [4.78, 5) is 50.5. The number of rotatable bonds is 6. The zero-order valence-corrected chi connectivity index (χ0v) is 21.3. The molecule has 37 heavy (non-hydrogen) atoms. The van der Waals surface area contributed by atoms with E-state index in [4.69, 9.17) is 0 Å². The van der Waals surface area contributed by atoms with E-state index >= 15 is 0 Å². The fourth-order valence-electron chi connectivity index (χ4n) is 4.68. The van der Waals surface area contributed by atoms with Crippen LogP contribution in [-0.4, -0.2) is 55.0 Å². The van der Waals surface area contributed by atoms with Crippen LogP contribution in [0.25, 0.3) is 21.3 Å². The Morgan fingerprint density at radius 2 is 1.92 bits per heavy atom. The lowest BCUT2D eigenvalue weighted by Crippen LogP contribution is -2.48. The number of hydrogen-bond donors (Lipinski definition) is 2. The molecule has 1 unspecified atom stereocenters. The number of nitrogens with zero attached hydrogens (tertiary/aromatic N) is 4. The quantitative estimate of drug-likeness (QED) is 0.406. The molecule has 1 saturated heterocycles. The van der Waals surface area contributed by atoms with E-state index in [2.05, 4.69) is 15.3 Å². The SMILES string of the molecule is Cc1ncsc1-c1ccc(CNC(=O)[C@@H]2C[C@@H](O)CN2C(=O)C(C)n2cnc3ccccc3c2=O)cc1. The Labute approximate surface area is 217 Å². The molecule has 2 aromatic heterocycles. The van der Waals surface area contributed by atoms with Crippen molar-refractivity contribution in [1.29, 1.82) is 0 Å². The molecule has 0 radical (unpaired) electrons. The van der Waals surface area contributed by atoms with Gasteiger partial charge in [0, 0.05) is 19.5 Å². The fourth-order valence-corrected chi connectivity index (χ4v) is 5.50. The van der Waals surface area contributed by atoms with Gasteiger partial charge in [0.25, 0.3) is 5.56 Å². The van der Waals surface area contributed by atoms with Crippen molar-refractivity contribution in [3.8, 4) is 10.4 Å². The lowest BCUT2D eigenvalue weighted by molar-refractivity contribution is -0.140. The number of likely N-dealkylation sites (tertiary alicyclic amines) is 1. The van der Waals surface area contributed by atoms with Gasteiger partial charge in [-0.3, -0.25) is 19.0 Å². The summed E-state index contributed by atoms with van der Waals surface area (Å²) >= 11 is 1.58. The summed E-state index contributed by atoms with van der Waals surface area (Å²) in [5.41, 5.74) is 4.99. The van der Waals surface area contributed by atoms with Gasteiger partial charge in [-0.05, 0) is 37.1 Å². The summed E-state index contributed by atoms with van der Waals surface area (Å²) in [7, 11) is 0. The zero-order chi connectivity index (χ0) is 26.1. The largest absolute Gasteiger partial charge is 0.391 e. The number of carbonyl (C=O) groups is 2. The van der Waals surface area contributed by atoms with E-state index in [0.29, 0.717) is 17.4 Å². The van der Waals surface area contributed by atoms with Gasteiger partial charge in [-0.25, -0.2) is 9.97 Å². The fraction of sp³-hybridized carbons (Fsp3) is 0.296. The van der Waals surface area contributed by atoms with Crippen molar-refractivity contribution in [1.82, 2.24) is 24.8 Å². The summed E-state index contributed by atoms with van der Waals surface area (Å²) in [6.07, 6.45) is 0.672. The third-order valence-corrected chi connectivity index (χ3v) is 7.74. The third-order valence-electron chi connectivity index (χ3n) is 6.76. The van der Waals surface area contributed by atoms with Gasteiger partial charge in [-0.2, -0.15) is 0 Å². The minimum Gasteiger partial charge on any atom is -0.391 e. The summed E-state index contributed by atoms with van der Waals surface area (Å²) < 4.78 is 1.27. The monoisotopic (exact) mass is 517 g/mol. The average Bonchev–Trinajstić information content (AvgIpc) is 3.52. The van der Waals surface area contributed by atoms with E-state index in [1.807, 2.05) is 36.7 Å². The van der Waals surface area contributed by atoms with Gasteiger partial charge >= 0.3 is 0 Å². The van der Waals surface area contributed by atoms with Crippen LogP contribution in [0.3, 0.4) is 0 Å². The summed E-state index contributed by atoms with van der Waals surface area (Å²) in [6, 6.07) is 13.1. The molecule has 0 bridgehead atoms. The van der Waals surface area contributed by atoms with Crippen molar-refractivity contribution in [3.05, 3.63) is 82.0 Å². The minimum absolute atomic E-state index is 0.0277. The van der Waals surface area contributed by atoms with Crippen LogP contribution >= 0.6 is 11.3 Å². The first-order chi connectivity index (χ1) is 17.8. The smallest absolute Gasteiger partial charge is 0.261 e. The minimum atomic E-state index is -0.882. The summed E-state index contributed by atoms with van der Waals surface area (Å²) in [5, 5.41) is 13.6. The number of hydrogen-bond acceptors (Lipinski definition) is 7. The van der Waals surface area contributed by atoms with Gasteiger partial charge in [-0.15, -0.1) is 11.3 Å². The molecule has 1 aliphatic rings. The first-order valence-corrected chi connectivity index (χ1v) is 12.9. The number of β-amino-alcohol motifs (C(OH)–C–C–N with tert-alkyl or cyclic N) is 1. The van der Waals surface area contributed by atoms with Crippen molar-refractivity contribution in [2.75, 3.05) is 6.54 Å². The number of thiazole rings is 1. The molecule has 5 rings (SSSR count). The Morgan fingerprint density at radius 1 is 1.16 bits per heavy atom. The lowest BCUT2D eigenvalue weighted by atomic mass is 10.1. The molecular weight excluding hydrogens is 490 g/mol. The Kier molecular flexibility index (Phi) is 6.86. The Hall–Kier alpha value is -3.89. The van der Waals surface area contributed by atoms with Crippen LogP contribution in [0.15, 0.2) is 65.2 Å². The highest BCUT2D eigenvalue weighted by Crippen LogP contribution is 2.27. The Balaban J connectivity index is 1.27. The average molecular weight is 518 g/mol.